The van der Waals surface area contributed by atoms with Gasteiger partial charge in [0.25, 0.3) is 0 Å². The molecule has 3 N–H and O–H groups in total. The number of carboxylic acid groups (broad SMARTS) is 1. The molecule has 19 heavy (non-hydrogen) atoms. The second-order valence-corrected chi connectivity index (χ2v) is 4.05. The summed E-state index contributed by atoms with van der Waals surface area (Å²) < 4.78 is 7.28. The number of aryl methyl sites for hydroxylation is 1. The van der Waals surface area contributed by atoms with Crippen LogP contribution < -0.4 is 10.5 Å². The predicted molar refractivity (Wildman–Crippen MR) is 70.0 cm³/mol. The van der Waals surface area contributed by atoms with Gasteiger partial charge in [-0.3, -0.25) is 4.68 Å². The second-order valence-electron chi connectivity index (χ2n) is 4.05. The quantitative estimate of drug-likeness (QED) is 0.800. The van der Waals surface area contributed by atoms with Gasteiger partial charge in [-0.05, 0) is 19.1 Å². The third kappa shape index (κ3) is 3.04. The van der Waals surface area contributed by atoms with Crippen molar-refractivity contribution in [3.05, 3.63) is 41.7 Å². The van der Waals surface area contributed by atoms with Gasteiger partial charge in [-0.2, -0.15) is 5.10 Å². The van der Waals surface area contributed by atoms with E-state index in [1.54, 1.807) is 10.9 Å². The maximum absolute atomic E-state index is 11.1. The molecule has 1 heterocycles. The highest BCUT2D eigenvalue weighted by Crippen LogP contribution is 2.22. The Kier molecular flexibility index (Phi) is 3.70. The van der Waals surface area contributed by atoms with E-state index in [1.165, 1.54) is 18.2 Å². The Hall–Kier alpha value is -2.50. The first-order valence-corrected chi connectivity index (χ1v) is 5.87. The Labute approximate surface area is 110 Å². The summed E-state index contributed by atoms with van der Waals surface area (Å²) in [5.74, 6) is -0.781. The molecule has 0 spiro atoms. The molecule has 0 unspecified atom stereocenters. The smallest absolute Gasteiger partial charge is 0.339 e. The molecule has 100 valence electrons. The van der Waals surface area contributed by atoms with Crippen molar-refractivity contribution in [1.29, 1.82) is 0 Å². The van der Waals surface area contributed by atoms with Crippen molar-refractivity contribution in [2.24, 2.45) is 0 Å². The van der Waals surface area contributed by atoms with Crippen LogP contribution in [0.2, 0.25) is 0 Å². The molecule has 0 amide bonds. The number of hydrogen-bond acceptors (Lipinski definition) is 4. The van der Waals surface area contributed by atoms with Gasteiger partial charge in [0, 0.05) is 30.1 Å². The molecule has 2 aromatic rings. The van der Waals surface area contributed by atoms with Crippen molar-refractivity contribution in [3.8, 4) is 5.75 Å². The molecular weight excluding hydrogens is 246 g/mol. The minimum absolute atomic E-state index is 0.0945. The van der Waals surface area contributed by atoms with Gasteiger partial charge in [0.15, 0.2) is 0 Å². The maximum atomic E-state index is 11.1. The Morgan fingerprint density at radius 3 is 2.95 bits per heavy atom. The van der Waals surface area contributed by atoms with Gasteiger partial charge in [-0.1, -0.05) is 0 Å². The number of carbonyl (C=O) groups is 1. The minimum Gasteiger partial charge on any atom is -0.488 e. The van der Waals surface area contributed by atoms with Crippen LogP contribution in [-0.2, 0) is 13.2 Å². The topological polar surface area (TPSA) is 90.4 Å². The van der Waals surface area contributed by atoms with Crippen LogP contribution >= 0.6 is 0 Å². The zero-order chi connectivity index (χ0) is 13.8. The number of aromatic nitrogens is 2. The Morgan fingerprint density at radius 1 is 1.53 bits per heavy atom. The van der Waals surface area contributed by atoms with Gasteiger partial charge in [-0.25, -0.2) is 4.79 Å². The molecular formula is C13H15N3O3. The van der Waals surface area contributed by atoms with Crippen LogP contribution in [0.4, 0.5) is 5.69 Å². The van der Waals surface area contributed by atoms with Crippen molar-refractivity contribution in [1.82, 2.24) is 9.78 Å². The molecule has 1 aromatic heterocycles. The Morgan fingerprint density at radius 2 is 2.32 bits per heavy atom. The highest BCUT2D eigenvalue weighted by molar-refractivity contribution is 5.91. The van der Waals surface area contributed by atoms with E-state index >= 15 is 0 Å². The third-order valence-electron chi connectivity index (χ3n) is 2.64. The summed E-state index contributed by atoms with van der Waals surface area (Å²) in [4.78, 5) is 11.1. The summed E-state index contributed by atoms with van der Waals surface area (Å²) in [5, 5.41) is 13.2. The number of anilines is 1. The van der Waals surface area contributed by atoms with E-state index in [4.69, 9.17) is 15.6 Å². The summed E-state index contributed by atoms with van der Waals surface area (Å²) in [6, 6.07) is 4.47. The molecule has 0 aliphatic heterocycles. The standard InChI is InChI=1S/C13H15N3O3/c1-2-16-7-9(6-15-16)8-19-12-5-10(14)3-4-11(12)13(17)18/h3-7H,2,8,14H2,1H3,(H,17,18). The SMILES string of the molecule is CCn1cc(COc2cc(N)ccc2C(=O)O)cn1. The molecule has 1 aromatic carbocycles. The Balaban J connectivity index is 2.14. The number of aromatic carboxylic acids is 1. The molecule has 0 saturated carbocycles. The fourth-order valence-corrected chi connectivity index (χ4v) is 1.65. The molecule has 0 fully saturated rings. The van der Waals surface area contributed by atoms with Crippen LogP contribution in [0.15, 0.2) is 30.6 Å². The van der Waals surface area contributed by atoms with E-state index in [-0.39, 0.29) is 17.9 Å². The van der Waals surface area contributed by atoms with E-state index in [0.29, 0.717) is 5.69 Å². The molecule has 2 rings (SSSR count). The van der Waals surface area contributed by atoms with Crippen LogP contribution in [-0.4, -0.2) is 20.9 Å². The number of nitrogens with two attached hydrogens (primary N) is 1. The first-order valence-electron chi connectivity index (χ1n) is 5.87. The first kappa shape index (κ1) is 12.9. The fourth-order valence-electron chi connectivity index (χ4n) is 1.65. The average Bonchev–Trinajstić information content (AvgIpc) is 2.84. The lowest BCUT2D eigenvalue weighted by Crippen LogP contribution is -2.04. The number of ether oxygens (including phenoxy) is 1. The van der Waals surface area contributed by atoms with E-state index in [1.807, 2.05) is 13.1 Å². The number of nitrogens with zero attached hydrogens (tertiary/aromatic N) is 2. The Bertz CT molecular complexity index is 593. The van der Waals surface area contributed by atoms with Crippen LogP contribution in [0.1, 0.15) is 22.8 Å². The van der Waals surface area contributed by atoms with Gasteiger partial charge in [0.2, 0.25) is 0 Å². The summed E-state index contributed by atoms with van der Waals surface area (Å²) in [6.07, 6.45) is 3.54. The highest BCUT2D eigenvalue weighted by atomic mass is 16.5. The average molecular weight is 261 g/mol. The predicted octanol–water partition coefficient (Wildman–Crippen LogP) is 1.76. The van der Waals surface area contributed by atoms with Gasteiger partial charge in [0.1, 0.15) is 17.9 Å². The summed E-state index contributed by atoms with van der Waals surface area (Å²) >= 11 is 0. The lowest BCUT2D eigenvalue weighted by Gasteiger charge is -2.08. The van der Waals surface area contributed by atoms with Crippen molar-refractivity contribution in [3.63, 3.8) is 0 Å². The summed E-state index contributed by atoms with van der Waals surface area (Å²) in [6.45, 7) is 3.01. The third-order valence-corrected chi connectivity index (χ3v) is 2.64. The highest BCUT2D eigenvalue weighted by Gasteiger charge is 2.12. The van der Waals surface area contributed by atoms with Crippen molar-refractivity contribution in [2.75, 3.05) is 5.73 Å². The zero-order valence-corrected chi connectivity index (χ0v) is 10.5. The fraction of sp³-hybridized carbons (Fsp3) is 0.231. The van der Waals surface area contributed by atoms with E-state index < -0.39 is 5.97 Å². The van der Waals surface area contributed by atoms with Crippen molar-refractivity contribution < 1.29 is 14.6 Å². The molecule has 6 heteroatoms. The van der Waals surface area contributed by atoms with E-state index in [2.05, 4.69) is 5.10 Å². The van der Waals surface area contributed by atoms with Crippen LogP contribution in [0.3, 0.4) is 0 Å². The van der Waals surface area contributed by atoms with Gasteiger partial charge < -0.3 is 15.6 Å². The van der Waals surface area contributed by atoms with E-state index in [9.17, 15) is 4.79 Å². The maximum Gasteiger partial charge on any atom is 0.339 e. The van der Waals surface area contributed by atoms with Crippen LogP contribution in [0, 0.1) is 0 Å². The molecule has 0 atom stereocenters. The molecule has 0 bridgehead atoms. The number of rotatable bonds is 5. The molecule has 0 saturated heterocycles. The lowest BCUT2D eigenvalue weighted by molar-refractivity contribution is 0.0692. The van der Waals surface area contributed by atoms with Crippen LogP contribution in [0.5, 0.6) is 5.75 Å². The van der Waals surface area contributed by atoms with Gasteiger partial charge >= 0.3 is 5.97 Å². The zero-order valence-electron chi connectivity index (χ0n) is 10.5. The molecule has 0 aliphatic carbocycles. The summed E-state index contributed by atoms with van der Waals surface area (Å²) in [5.41, 5.74) is 7.07. The summed E-state index contributed by atoms with van der Waals surface area (Å²) in [7, 11) is 0. The first-order chi connectivity index (χ1) is 9.10. The molecule has 6 nitrogen and oxygen atoms in total. The molecule has 0 aliphatic rings. The number of benzene rings is 1. The number of hydrogen-bond donors (Lipinski definition) is 2. The second kappa shape index (κ2) is 5.43. The largest absolute Gasteiger partial charge is 0.488 e. The van der Waals surface area contributed by atoms with Crippen molar-refractivity contribution in [2.45, 2.75) is 20.1 Å². The van der Waals surface area contributed by atoms with Gasteiger partial charge in [-0.15, -0.1) is 0 Å². The minimum atomic E-state index is -1.04. The number of carboxylic acids is 1. The van der Waals surface area contributed by atoms with Gasteiger partial charge in [0.05, 0.1) is 6.20 Å². The van der Waals surface area contributed by atoms with Crippen molar-refractivity contribution >= 4 is 11.7 Å². The monoisotopic (exact) mass is 261 g/mol. The molecule has 0 radical (unpaired) electrons. The lowest BCUT2D eigenvalue weighted by atomic mass is 10.2. The number of nitrogen functional groups attached to an aromatic ring is 1. The normalized spacial score (nSPS) is 10.4. The van der Waals surface area contributed by atoms with Crippen LogP contribution in [0.25, 0.3) is 0 Å². The van der Waals surface area contributed by atoms with E-state index in [0.717, 1.165) is 12.1 Å².